The Morgan fingerprint density at radius 2 is 1.71 bits per heavy atom. The zero-order valence-electron chi connectivity index (χ0n) is 17.6. The first-order valence-electron chi connectivity index (χ1n) is 9.15. The van der Waals surface area contributed by atoms with Gasteiger partial charge in [-0.1, -0.05) is 65.9 Å². The third-order valence-electron chi connectivity index (χ3n) is 4.09. The molecule has 0 radical (unpaired) electrons. The van der Waals surface area contributed by atoms with Crippen molar-refractivity contribution in [2.75, 3.05) is 13.2 Å². The van der Waals surface area contributed by atoms with Crippen LogP contribution in [-0.4, -0.2) is 18.1 Å². The Labute approximate surface area is 270 Å². The SMILES string of the molecule is [K+].[K+].[O-]c1ccc2nc(N=Nc3ccc([N-]CCOCc4ccccc4)cc3)sc2c1. The quantitative estimate of drug-likeness (QED) is 0.202. The van der Waals surface area contributed by atoms with Gasteiger partial charge in [-0.05, 0) is 23.8 Å². The summed E-state index contributed by atoms with van der Waals surface area (Å²) in [5, 5.41) is 24.8. The number of fused-ring (bicyclic) bond motifs is 1. The second kappa shape index (κ2) is 14.3. The predicted molar refractivity (Wildman–Crippen MR) is 114 cm³/mol. The molecule has 3 aromatic carbocycles. The molecule has 4 aromatic rings. The zero-order chi connectivity index (χ0) is 19.9. The first kappa shape index (κ1) is 27.2. The van der Waals surface area contributed by atoms with Gasteiger partial charge in [-0.15, -0.1) is 28.2 Å². The third-order valence-corrected chi connectivity index (χ3v) is 4.99. The second-order valence-corrected chi connectivity index (χ2v) is 7.27. The molecule has 0 atom stereocenters. The summed E-state index contributed by atoms with van der Waals surface area (Å²) in [5.41, 5.74) is 3.50. The topological polar surface area (TPSA) is 84.0 Å². The van der Waals surface area contributed by atoms with Crippen LogP contribution in [-0.2, 0) is 11.3 Å². The smallest absolute Gasteiger partial charge is 0.872 e. The van der Waals surface area contributed by atoms with E-state index < -0.39 is 0 Å². The number of nitrogens with zero attached hydrogens (tertiary/aromatic N) is 4. The molecule has 0 aliphatic carbocycles. The molecule has 4 rings (SSSR count). The fraction of sp³-hybridized carbons (Fsp3) is 0.136. The third kappa shape index (κ3) is 8.69. The van der Waals surface area contributed by atoms with Crippen LogP contribution in [0.25, 0.3) is 15.5 Å². The van der Waals surface area contributed by atoms with Gasteiger partial charge < -0.3 is 15.2 Å². The van der Waals surface area contributed by atoms with E-state index in [-0.39, 0.29) is 109 Å². The van der Waals surface area contributed by atoms with Crippen molar-refractivity contribution in [3.8, 4) is 5.75 Å². The summed E-state index contributed by atoms with van der Waals surface area (Å²) >= 11 is 1.34. The summed E-state index contributed by atoms with van der Waals surface area (Å²) in [4.78, 5) is 4.35. The van der Waals surface area contributed by atoms with Crippen LogP contribution in [0.2, 0.25) is 0 Å². The molecule has 146 valence electrons. The summed E-state index contributed by atoms with van der Waals surface area (Å²) in [7, 11) is 0. The minimum Gasteiger partial charge on any atom is -0.872 e. The van der Waals surface area contributed by atoms with Crippen LogP contribution in [0.1, 0.15) is 5.56 Å². The summed E-state index contributed by atoms with van der Waals surface area (Å²) in [6.45, 7) is 1.76. The van der Waals surface area contributed by atoms with Gasteiger partial charge in [-0.3, -0.25) is 0 Å². The van der Waals surface area contributed by atoms with Gasteiger partial charge in [0, 0.05) is 6.61 Å². The number of rotatable bonds is 8. The average molecular weight is 481 g/mol. The van der Waals surface area contributed by atoms with Crippen molar-refractivity contribution in [3.05, 3.63) is 83.7 Å². The molecule has 6 nitrogen and oxygen atoms in total. The molecule has 0 saturated heterocycles. The molecule has 0 spiro atoms. The van der Waals surface area contributed by atoms with E-state index in [1.165, 1.54) is 17.4 Å². The second-order valence-electron chi connectivity index (χ2n) is 6.26. The van der Waals surface area contributed by atoms with E-state index >= 15 is 0 Å². The zero-order valence-corrected chi connectivity index (χ0v) is 24.6. The molecule has 0 N–H and O–H groups in total. The van der Waals surface area contributed by atoms with Gasteiger partial charge in [-0.25, -0.2) is 4.98 Å². The molecule has 1 heterocycles. The number of aromatic nitrogens is 1. The molecule has 1 aromatic heterocycles. The molecule has 9 heteroatoms. The van der Waals surface area contributed by atoms with Crippen LogP contribution in [0.5, 0.6) is 5.75 Å². The van der Waals surface area contributed by atoms with Crippen LogP contribution in [0.15, 0.2) is 83.0 Å². The Bertz CT molecular complexity index is 1110. The van der Waals surface area contributed by atoms with E-state index in [2.05, 4.69) is 20.5 Å². The summed E-state index contributed by atoms with van der Waals surface area (Å²) in [5.74, 6) is -0.0329. The summed E-state index contributed by atoms with van der Waals surface area (Å²) in [6.07, 6.45) is 0. The van der Waals surface area contributed by atoms with Gasteiger partial charge in [-0.2, -0.15) is 0 Å². The number of ether oxygens (including phenoxy) is 1. The number of thiazole rings is 1. The average Bonchev–Trinajstić information content (AvgIpc) is 3.15. The predicted octanol–water partition coefficient (Wildman–Crippen LogP) is 0.0153. The standard InChI is InChI=1S/C22H19N4O2S.2K/c27-19-10-11-20-21(14-19)29-22(24-20)26-25-18-8-6-17(7-9-18)23-12-13-28-15-16-4-2-1-3-5-16;;/h1-11,14H,12-13,15H2,(H-,23,24,25,26,27);;/q-1;2*+1/p-1. The number of azo groups is 1. The van der Waals surface area contributed by atoms with Crippen molar-refractivity contribution in [2.24, 2.45) is 10.2 Å². The Morgan fingerprint density at radius 3 is 2.48 bits per heavy atom. The van der Waals surface area contributed by atoms with Crippen LogP contribution < -0.4 is 108 Å². The minimum absolute atomic E-state index is 0. The first-order chi connectivity index (χ1) is 14.3. The largest absolute Gasteiger partial charge is 1.00 e. The first-order valence-corrected chi connectivity index (χ1v) is 9.96. The molecule has 0 amide bonds. The Hall–Kier alpha value is -0.0173. The molecule has 0 aliphatic heterocycles. The van der Waals surface area contributed by atoms with E-state index in [1.54, 1.807) is 12.1 Å². The van der Waals surface area contributed by atoms with Crippen LogP contribution in [0.4, 0.5) is 16.5 Å². The molecule has 0 fully saturated rings. The Balaban J connectivity index is 0.00000171. The molecular weight excluding hydrogens is 463 g/mol. The normalized spacial score (nSPS) is 10.6. The van der Waals surface area contributed by atoms with Crippen molar-refractivity contribution in [2.45, 2.75) is 6.61 Å². The fourth-order valence-electron chi connectivity index (χ4n) is 2.66. The van der Waals surface area contributed by atoms with Crippen molar-refractivity contribution in [3.63, 3.8) is 0 Å². The molecule has 31 heavy (non-hydrogen) atoms. The van der Waals surface area contributed by atoms with E-state index in [4.69, 9.17) is 4.74 Å². The van der Waals surface area contributed by atoms with E-state index in [0.717, 1.165) is 21.5 Å². The molecular formula is C22H18K2N4O2S. The van der Waals surface area contributed by atoms with Gasteiger partial charge in [0.1, 0.15) is 0 Å². The van der Waals surface area contributed by atoms with E-state index in [0.29, 0.717) is 30.6 Å². The summed E-state index contributed by atoms with van der Waals surface area (Å²) in [6, 6.07) is 22.3. The van der Waals surface area contributed by atoms with Gasteiger partial charge in [0.2, 0.25) is 5.13 Å². The van der Waals surface area contributed by atoms with Crippen molar-refractivity contribution < 1.29 is 113 Å². The number of benzene rings is 3. The van der Waals surface area contributed by atoms with Crippen molar-refractivity contribution in [1.82, 2.24) is 4.98 Å². The van der Waals surface area contributed by atoms with Crippen LogP contribution in [0, 0.1) is 0 Å². The van der Waals surface area contributed by atoms with E-state index in [9.17, 15) is 5.11 Å². The maximum absolute atomic E-state index is 11.4. The van der Waals surface area contributed by atoms with Gasteiger partial charge in [0.25, 0.3) is 0 Å². The van der Waals surface area contributed by atoms with Crippen LogP contribution in [0.3, 0.4) is 0 Å². The monoisotopic (exact) mass is 480 g/mol. The molecule has 0 bridgehead atoms. The number of hydrogen-bond donors (Lipinski definition) is 0. The van der Waals surface area contributed by atoms with Crippen molar-refractivity contribution in [1.29, 1.82) is 0 Å². The molecule has 0 saturated carbocycles. The maximum Gasteiger partial charge on any atom is 1.00 e. The number of hydrogen-bond acceptors (Lipinski definition) is 6. The molecule has 0 aliphatic rings. The summed E-state index contributed by atoms with van der Waals surface area (Å²) < 4.78 is 6.45. The van der Waals surface area contributed by atoms with Gasteiger partial charge in [0.05, 0.1) is 22.5 Å². The van der Waals surface area contributed by atoms with Crippen LogP contribution >= 0.6 is 11.3 Å². The van der Waals surface area contributed by atoms with Gasteiger partial charge in [0.15, 0.2) is 0 Å². The Morgan fingerprint density at radius 1 is 0.935 bits per heavy atom. The van der Waals surface area contributed by atoms with Crippen molar-refractivity contribution >= 4 is 38.1 Å². The van der Waals surface area contributed by atoms with Gasteiger partial charge >= 0.3 is 103 Å². The molecule has 0 unspecified atom stereocenters. The van der Waals surface area contributed by atoms with E-state index in [1.807, 2.05) is 54.6 Å². The minimum atomic E-state index is -0.0329. The maximum atomic E-state index is 11.4. The Kier molecular flexibility index (Phi) is 12.6. The fourth-order valence-corrected chi connectivity index (χ4v) is 3.48.